The van der Waals surface area contributed by atoms with Gasteiger partial charge in [-0.2, -0.15) is 0 Å². The first-order valence-corrected chi connectivity index (χ1v) is 9.88. The molecule has 1 heterocycles. The molecule has 92 valence electrons. The molecule has 1 rings (SSSR count). The van der Waals surface area contributed by atoms with E-state index in [2.05, 4.69) is 38.2 Å². The number of rotatable bonds is 7. The third-order valence-electron chi connectivity index (χ3n) is 3.80. The molecular weight excluding hydrogens is 208 g/mol. The lowest BCUT2D eigenvalue weighted by Gasteiger charge is -2.21. The monoisotopic (exact) mass is 236 g/mol. The number of unbranched alkanes of at least 4 members (excludes halogenated alkanes) is 3. The molecule has 1 atom stereocenters. The molecule has 0 N–H and O–H groups in total. The predicted octanol–water partition coefficient (Wildman–Crippen LogP) is 5.41. The molecular formula is C15H28Si. The third kappa shape index (κ3) is 3.93. The highest BCUT2D eigenvalue weighted by Gasteiger charge is 2.31. The van der Waals surface area contributed by atoms with Crippen LogP contribution in [0.1, 0.15) is 58.8 Å². The van der Waals surface area contributed by atoms with Crippen LogP contribution in [0.15, 0.2) is 23.0 Å². The second kappa shape index (κ2) is 7.11. The van der Waals surface area contributed by atoms with Crippen LogP contribution in [-0.4, -0.2) is 8.07 Å². The molecule has 1 aliphatic rings. The van der Waals surface area contributed by atoms with Crippen LogP contribution in [0, 0.1) is 0 Å². The quantitative estimate of drug-likeness (QED) is 0.409. The Balaban J connectivity index is 2.48. The maximum atomic E-state index is 2.62. The highest BCUT2D eigenvalue weighted by atomic mass is 28.3. The molecule has 0 aliphatic carbocycles. The van der Waals surface area contributed by atoms with Gasteiger partial charge in [-0.1, -0.05) is 69.1 Å². The summed E-state index contributed by atoms with van der Waals surface area (Å²) < 4.78 is 0. The van der Waals surface area contributed by atoms with Gasteiger partial charge < -0.3 is 0 Å². The van der Waals surface area contributed by atoms with Crippen LogP contribution in [0.5, 0.6) is 0 Å². The van der Waals surface area contributed by atoms with E-state index in [1.807, 2.05) is 5.20 Å². The van der Waals surface area contributed by atoms with Gasteiger partial charge in [-0.15, -0.1) is 0 Å². The van der Waals surface area contributed by atoms with Crippen LogP contribution in [-0.2, 0) is 0 Å². The highest BCUT2D eigenvalue weighted by molar-refractivity contribution is 6.90. The summed E-state index contributed by atoms with van der Waals surface area (Å²) in [5.41, 5.74) is 2.62. The number of hydrogen-bond acceptors (Lipinski definition) is 0. The van der Waals surface area contributed by atoms with Crippen LogP contribution in [0.3, 0.4) is 0 Å². The molecule has 16 heavy (non-hydrogen) atoms. The van der Waals surface area contributed by atoms with Crippen LogP contribution >= 0.6 is 0 Å². The van der Waals surface area contributed by atoms with Crippen molar-refractivity contribution >= 4 is 8.07 Å². The fourth-order valence-corrected chi connectivity index (χ4v) is 6.04. The molecule has 0 aromatic rings. The Kier molecular flexibility index (Phi) is 6.11. The van der Waals surface area contributed by atoms with E-state index in [9.17, 15) is 0 Å². The van der Waals surface area contributed by atoms with Crippen molar-refractivity contribution in [3.63, 3.8) is 0 Å². The second-order valence-electron chi connectivity index (χ2n) is 5.33. The van der Waals surface area contributed by atoms with Gasteiger partial charge in [0, 0.05) is 0 Å². The Bertz CT molecular complexity index is 252. The Morgan fingerprint density at radius 2 is 2.00 bits per heavy atom. The van der Waals surface area contributed by atoms with Gasteiger partial charge in [0.15, 0.2) is 0 Å². The third-order valence-corrected chi connectivity index (χ3v) is 8.02. The summed E-state index contributed by atoms with van der Waals surface area (Å²) in [6.07, 6.45) is 14.4. The molecule has 1 unspecified atom stereocenters. The van der Waals surface area contributed by atoms with Crippen LogP contribution in [0.2, 0.25) is 12.6 Å². The Labute approximate surface area is 103 Å². The van der Waals surface area contributed by atoms with E-state index in [1.165, 1.54) is 51.0 Å². The van der Waals surface area contributed by atoms with Gasteiger partial charge in [0.05, 0.1) is 0 Å². The van der Waals surface area contributed by atoms with Crippen molar-refractivity contribution in [3.05, 3.63) is 23.0 Å². The Morgan fingerprint density at radius 3 is 2.69 bits per heavy atom. The van der Waals surface area contributed by atoms with Crippen LogP contribution in [0.25, 0.3) is 0 Å². The van der Waals surface area contributed by atoms with E-state index in [0.29, 0.717) is 0 Å². The zero-order valence-corrected chi connectivity index (χ0v) is 12.4. The molecule has 0 spiro atoms. The minimum absolute atomic E-state index is 1.12. The Hall–Kier alpha value is -0.303. The molecule has 0 aromatic heterocycles. The molecule has 1 aliphatic heterocycles. The number of allylic oxidation sites excluding steroid dienone is 3. The van der Waals surface area contributed by atoms with Crippen molar-refractivity contribution in [2.24, 2.45) is 0 Å². The van der Waals surface area contributed by atoms with Gasteiger partial charge in [0.2, 0.25) is 0 Å². The van der Waals surface area contributed by atoms with E-state index >= 15 is 0 Å². The summed E-state index contributed by atoms with van der Waals surface area (Å²) in [7, 11) is -1.12. The summed E-state index contributed by atoms with van der Waals surface area (Å²) in [6, 6.07) is 1.47. The summed E-state index contributed by atoms with van der Waals surface area (Å²) in [5.74, 6) is 0. The molecule has 0 radical (unpaired) electrons. The van der Waals surface area contributed by atoms with Crippen molar-refractivity contribution in [1.82, 2.24) is 0 Å². The summed E-state index contributed by atoms with van der Waals surface area (Å²) >= 11 is 0. The number of hydrogen-bond donors (Lipinski definition) is 0. The summed E-state index contributed by atoms with van der Waals surface area (Å²) in [5, 5.41) is 1.84. The molecule has 0 aromatic carbocycles. The molecule has 0 saturated carbocycles. The summed E-state index contributed by atoms with van der Waals surface area (Å²) in [6.45, 7) is 7.13. The Morgan fingerprint density at radius 1 is 1.25 bits per heavy atom. The maximum absolute atomic E-state index is 2.62. The first kappa shape index (κ1) is 13.8. The van der Waals surface area contributed by atoms with Gasteiger partial charge >= 0.3 is 0 Å². The first-order valence-electron chi connectivity index (χ1n) is 7.10. The average molecular weight is 236 g/mol. The lowest BCUT2D eigenvalue weighted by Crippen LogP contribution is -2.27. The van der Waals surface area contributed by atoms with E-state index in [1.54, 1.807) is 0 Å². The highest BCUT2D eigenvalue weighted by Crippen LogP contribution is 2.33. The lowest BCUT2D eigenvalue weighted by atomic mass is 10.2. The zero-order valence-electron chi connectivity index (χ0n) is 11.4. The van der Waals surface area contributed by atoms with Gasteiger partial charge in [-0.25, -0.2) is 0 Å². The maximum Gasteiger partial charge on any atom is 0.102 e. The smallest absolute Gasteiger partial charge is 0.0943 e. The molecule has 0 saturated heterocycles. The lowest BCUT2D eigenvalue weighted by molar-refractivity contribution is 0.803. The minimum Gasteiger partial charge on any atom is -0.0943 e. The van der Waals surface area contributed by atoms with E-state index in [4.69, 9.17) is 0 Å². The average Bonchev–Trinajstić information content (AvgIpc) is 2.64. The largest absolute Gasteiger partial charge is 0.102 e. The molecule has 1 heteroatoms. The van der Waals surface area contributed by atoms with E-state index in [-0.39, 0.29) is 0 Å². The van der Waals surface area contributed by atoms with Gasteiger partial charge in [-0.05, 0) is 25.3 Å². The van der Waals surface area contributed by atoms with E-state index < -0.39 is 8.07 Å². The van der Waals surface area contributed by atoms with Crippen LogP contribution in [0.4, 0.5) is 0 Å². The SMILES string of the molecule is CCCC/C=C\[Si]1(C)CCC=C1CCCC. The van der Waals surface area contributed by atoms with Crippen molar-refractivity contribution < 1.29 is 0 Å². The zero-order chi connectivity index (χ0) is 11.9. The fraction of sp³-hybridized carbons (Fsp3) is 0.733. The van der Waals surface area contributed by atoms with Gasteiger partial charge in [0.25, 0.3) is 0 Å². The van der Waals surface area contributed by atoms with Crippen molar-refractivity contribution in [2.45, 2.75) is 71.4 Å². The van der Waals surface area contributed by atoms with Crippen molar-refractivity contribution in [2.75, 3.05) is 0 Å². The van der Waals surface area contributed by atoms with Crippen molar-refractivity contribution in [1.29, 1.82) is 0 Å². The van der Waals surface area contributed by atoms with E-state index in [0.717, 1.165) is 0 Å². The van der Waals surface area contributed by atoms with Crippen molar-refractivity contribution in [3.8, 4) is 0 Å². The molecule has 0 bridgehead atoms. The van der Waals surface area contributed by atoms with Gasteiger partial charge in [-0.3, -0.25) is 0 Å². The van der Waals surface area contributed by atoms with Gasteiger partial charge in [0.1, 0.15) is 8.07 Å². The topological polar surface area (TPSA) is 0 Å². The second-order valence-corrected chi connectivity index (χ2v) is 9.64. The first-order chi connectivity index (χ1) is 7.73. The molecule has 0 nitrogen and oxygen atoms in total. The minimum atomic E-state index is -1.12. The summed E-state index contributed by atoms with van der Waals surface area (Å²) in [4.78, 5) is 0. The fourth-order valence-electron chi connectivity index (χ4n) is 2.55. The standard InChI is InChI=1S/C15H28Si/c1-4-6-8-9-13-16(3)14-10-12-15(16)11-7-5-2/h9,12-13H,4-8,10-11,14H2,1-3H3/b13-9-. The molecule has 0 amide bonds. The predicted molar refractivity (Wildman–Crippen MR) is 77.3 cm³/mol. The van der Waals surface area contributed by atoms with Crippen LogP contribution < -0.4 is 0 Å². The normalized spacial score (nSPS) is 25.3. The molecule has 0 fully saturated rings.